The summed E-state index contributed by atoms with van der Waals surface area (Å²) in [4.78, 5) is 15.3. The van der Waals surface area contributed by atoms with Gasteiger partial charge in [-0.2, -0.15) is 4.98 Å². The van der Waals surface area contributed by atoms with Crippen LogP contribution in [-0.2, 0) is 13.0 Å². The molecule has 1 aromatic heterocycles. The lowest BCUT2D eigenvalue weighted by atomic mass is 10.2. The van der Waals surface area contributed by atoms with E-state index < -0.39 is 0 Å². The highest BCUT2D eigenvalue weighted by atomic mass is 16.5. The Morgan fingerprint density at radius 3 is 3.38 bits per heavy atom. The zero-order valence-electron chi connectivity index (χ0n) is 7.04. The molecule has 0 aliphatic carbocycles. The van der Waals surface area contributed by atoms with Gasteiger partial charge in [0.25, 0.3) is 0 Å². The van der Waals surface area contributed by atoms with Crippen LogP contribution in [0.5, 0.6) is 5.88 Å². The van der Waals surface area contributed by atoms with E-state index in [1.807, 2.05) is 0 Å². The Kier molecular flexibility index (Phi) is 1.20. The summed E-state index contributed by atoms with van der Waals surface area (Å²) in [7, 11) is 0. The lowest BCUT2D eigenvalue weighted by Crippen LogP contribution is -2.21. The van der Waals surface area contributed by atoms with Crippen LogP contribution in [0.4, 0.5) is 5.82 Å². The highest BCUT2D eigenvalue weighted by Gasteiger charge is 2.25. The molecule has 0 aromatic carbocycles. The summed E-state index contributed by atoms with van der Waals surface area (Å²) in [6, 6.07) is 0. The third-order valence-electron chi connectivity index (χ3n) is 2.45. The lowest BCUT2D eigenvalue weighted by Gasteiger charge is -2.04. The monoisotopic (exact) mass is 179 g/mol. The van der Waals surface area contributed by atoms with E-state index in [0.29, 0.717) is 19.0 Å². The van der Waals surface area contributed by atoms with Crippen LogP contribution in [0, 0.1) is 0 Å². The maximum atomic E-state index is 11.4. The first-order valence-electron chi connectivity index (χ1n) is 4.36. The first-order chi connectivity index (χ1) is 6.36. The molecule has 13 heavy (non-hydrogen) atoms. The summed E-state index contributed by atoms with van der Waals surface area (Å²) in [5.74, 6) is 1.43. The van der Waals surface area contributed by atoms with Crippen molar-refractivity contribution in [2.75, 3.05) is 18.5 Å². The van der Waals surface area contributed by atoms with Crippen molar-refractivity contribution >= 4 is 5.82 Å². The first kappa shape index (κ1) is 6.94. The van der Waals surface area contributed by atoms with E-state index in [4.69, 9.17) is 4.74 Å². The number of hydrogen-bond acceptors (Lipinski definition) is 4. The van der Waals surface area contributed by atoms with Crippen molar-refractivity contribution in [1.82, 2.24) is 9.55 Å². The molecule has 2 aliphatic rings. The number of fused-ring (bicyclic) bond motifs is 3. The van der Waals surface area contributed by atoms with E-state index in [0.717, 1.165) is 24.4 Å². The second-order valence-electron chi connectivity index (χ2n) is 3.20. The molecule has 0 bridgehead atoms. The van der Waals surface area contributed by atoms with E-state index in [-0.39, 0.29) is 5.69 Å². The van der Waals surface area contributed by atoms with Crippen molar-refractivity contribution in [3.63, 3.8) is 0 Å². The maximum Gasteiger partial charge on any atom is 0.352 e. The predicted octanol–water partition coefficient (Wildman–Crippen LogP) is -0.396. The molecule has 0 unspecified atom stereocenters. The van der Waals surface area contributed by atoms with Gasteiger partial charge in [-0.3, -0.25) is 4.57 Å². The normalized spacial score (nSPS) is 17.5. The number of hydrogen-bond donors (Lipinski definition) is 1. The molecule has 0 atom stereocenters. The fourth-order valence-electron chi connectivity index (χ4n) is 1.85. The summed E-state index contributed by atoms with van der Waals surface area (Å²) in [6.07, 6.45) is 0.901. The minimum absolute atomic E-state index is 0.208. The van der Waals surface area contributed by atoms with Crippen LogP contribution in [0.3, 0.4) is 0 Å². The number of rotatable bonds is 0. The third-order valence-corrected chi connectivity index (χ3v) is 2.45. The standard InChI is InChI=1S/C8H9N3O2/c12-8-10-6-5(1-2-9-6)7-11(8)3-4-13-7/h1-4H2,(H,9,10,12). The van der Waals surface area contributed by atoms with Gasteiger partial charge in [0.2, 0.25) is 5.88 Å². The molecule has 0 amide bonds. The lowest BCUT2D eigenvalue weighted by molar-refractivity contribution is 0.354. The average molecular weight is 179 g/mol. The zero-order valence-corrected chi connectivity index (χ0v) is 7.04. The number of nitrogens with zero attached hydrogens (tertiary/aromatic N) is 2. The van der Waals surface area contributed by atoms with Crippen molar-refractivity contribution in [3.05, 3.63) is 16.0 Å². The fourth-order valence-corrected chi connectivity index (χ4v) is 1.85. The van der Waals surface area contributed by atoms with Crippen molar-refractivity contribution in [3.8, 4) is 5.88 Å². The van der Waals surface area contributed by atoms with Crippen LogP contribution in [0.1, 0.15) is 5.56 Å². The number of anilines is 1. The second-order valence-corrected chi connectivity index (χ2v) is 3.20. The van der Waals surface area contributed by atoms with Gasteiger partial charge >= 0.3 is 5.69 Å². The van der Waals surface area contributed by atoms with E-state index in [1.165, 1.54) is 0 Å². The van der Waals surface area contributed by atoms with Crippen LogP contribution < -0.4 is 15.7 Å². The van der Waals surface area contributed by atoms with Crippen LogP contribution in [0.25, 0.3) is 0 Å². The molecule has 68 valence electrons. The molecule has 5 nitrogen and oxygen atoms in total. The maximum absolute atomic E-state index is 11.4. The smallest absolute Gasteiger partial charge is 0.352 e. The molecule has 0 saturated carbocycles. The SMILES string of the molecule is O=c1nc2c(c3n1CCO3)CCN2. The molecule has 0 saturated heterocycles. The Morgan fingerprint density at radius 2 is 2.46 bits per heavy atom. The summed E-state index contributed by atoms with van der Waals surface area (Å²) >= 11 is 0. The molecule has 1 aromatic rings. The Balaban J connectivity index is 2.34. The third kappa shape index (κ3) is 0.811. The quantitative estimate of drug-likeness (QED) is 0.589. The van der Waals surface area contributed by atoms with Gasteiger partial charge in [-0.1, -0.05) is 0 Å². The molecule has 3 heterocycles. The molecular weight excluding hydrogens is 170 g/mol. The van der Waals surface area contributed by atoms with Crippen molar-refractivity contribution in [2.45, 2.75) is 13.0 Å². The van der Waals surface area contributed by atoms with Crippen LogP contribution in [0.2, 0.25) is 0 Å². The minimum atomic E-state index is -0.208. The van der Waals surface area contributed by atoms with Crippen molar-refractivity contribution in [1.29, 1.82) is 0 Å². The van der Waals surface area contributed by atoms with E-state index in [1.54, 1.807) is 4.57 Å². The van der Waals surface area contributed by atoms with Gasteiger partial charge in [0.15, 0.2) is 0 Å². The highest BCUT2D eigenvalue weighted by Crippen LogP contribution is 2.29. The molecular formula is C8H9N3O2. The summed E-state index contributed by atoms with van der Waals surface area (Å²) in [6.45, 7) is 2.07. The Bertz CT molecular complexity index is 424. The molecule has 3 rings (SSSR count). The Morgan fingerprint density at radius 1 is 1.54 bits per heavy atom. The Hall–Kier alpha value is -1.52. The highest BCUT2D eigenvalue weighted by molar-refractivity contribution is 5.53. The van der Waals surface area contributed by atoms with Gasteiger partial charge in [0, 0.05) is 6.54 Å². The van der Waals surface area contributed by atoms with Crippen LogP contribution in [0.15, 0.2) is 4.79 Å². The molecule has 0 spiro atoms. The van der Waals surface area contributed by atoms with Crippen LogP contribution in [-0.4, -0.2) is 22.7 Å². The second kappa shape index (κ2) is 2.25. The fraction of sp³-hybridized carbons (Fsp3) is 0.500. The van der Waals surface area contributed by atoms with Crippen molar-refractivity contribution < 1.29 is 4.74 Å². The average Bonchev–Trinajstić information content (AvgIpc) is 2.66. The molecule has 1 N–H and O–H groups in total. The number of aromatic nitrogens is 2. The van der Waals surface area contributed by atoms with Crippen LogP contribution >= 0.6 is 0 Å². The van der Waals surface area contributed by atoms with Gasteiger partial charge in [-0.15, -0.1) is 0 Å². The molecule has 0 radical (unpaired) electrons. The van der Waals surface area contributed by atoms with Crippen molar-refractivity contribution in [2.24, 2.45) is 0 Å². The topological polar surface area (TPSA) is 56.2 Å². The van der Waals surface area contributed by atoms with Gasteiger partial charge in [-0.25, -0.2) is 4.79 Å². The predicted molar refractivity (Wildman–Crippen MR) is 46.2 cm³/mol. The van der Waals surface area contributed by atoms with Gasteiger partial charge < -0.3 is 10.1 Å². The van der Waals surface area contributed by atoms with E-state index in [9.17, 15) is 4.79 Å². The Labute approximate surface area is 74.4 Å². The van der Waals surface area contributed by atoms with Gasteiger partial charge in [0.1, 0.15) is 12.4 Å². The largest absolute Gasteiger partial charge is 0.477 e. The molecule has 0 fully saturated rings. The summed E-state index contributed by atoms with van der Waals surface area (Å²) in [5, 5.41) is 3.07. The number of ether oxygens (including phenoxy) is 1. The summed E-state index contributed by atoms with van der Waals surface area (Å²) < 4.78 is 7.01. The summed E-state index contributed by atoms with van der Waals surface area (Å²) in [5.41, 5.74) is 0.845. The zero-order chi connectivity index (χ0) is 8.84. The first-order valence-corrected chi connectivity index (χ1v) is 4.36. The molecule has 5 heteroatoms. The minimum Gasteiger partial charge on any atom is -0.477 e. The van der Waals surface area contributed by atoms with Gasteiger partial charge in [0.05, 0.1) is 12.1 Å². The molecule has 2 aliphatic heterocycles. The van der Waals surface area contributed by atoms with E-state index in [2.05, 4.69) is 10.3 Å². The van der Waals surface area contributed by atoms with Gasteiger partial charge in [-0.05, 0) is 6.42 Å². The van der Waals surface area contributed by atoms with E-state index >= 15 is 0 Å². The number of nitrogens with one attached hydrogen (secondary N) is 1.